The molecule has 0 aliphatic carbocycles. The van der Waals surface area contributed by atoms with Crippen LogP contribution in [-0.2, 0) is 11.2 Å². The van der Waals surface area contributed by atoms with E-state index in [1.807, 2.05) is 30.3 Å². The molecule has 1 unspecified atom stereocenters. The molecule has 1 heterocycles. The maximum Gasteiger partial charge on any atom is 0.303 e. The van der Waals surface area contributed by atoms with Crippen LogP contribution < -0.4 is 0 Å². The second kappa shape index (κ2) is 8.18. The van der Waals surface area contributed by atoms with Crippen LogP contribution in [0.25, 0.3) is 11.0 Å². The number of carboxylic acids is 1. The van der Waals surface area contributed by atoms with Crippen LogP contribution in [0, 0.1) is 3.57 Å². The number of rotatable bonds is 5. The Morgan fingerprint density at radius 3 is 2.62 bits per heavy atom. The first kappa shape index (κ1) is 19.0. The zero-order valence-corrected chi connectivity index (χ0v) is 16.2. The van der Waals surface area contributed by atoms with Crippen molar-refractivity contribution in [2.45, 2.75) is 18.8 Å². The minimum absolute atomic E-state index is 0. The number of aromatic amines is 1. The lowest BCUT2D eigenvalue weighted by Crippen LogP contribution is -2.10. The maximum absolute atomic E-state index is 11.2. The summed E-state index contributed by atoms with van der Waals surface area (Å²) < 4.78 is 1.12. The number of nitrogens with zero attached hydrogens (tertiary/aromatic N) is 1. The van der Waals surface area contributed by atoms with Crippen LogP contribution in [0.15, 0.2) is 42.5 Å². The van der Waals surface area contributed by atoms with Gasteiger partial charge in [-0.25, -0.2) is 4.98 Å². The Kier molecular flexibility index (Phi) is 6.48. The highest BCUT2D eigenvalue weighted by atomic mass is 127. The van der Waals surface area contributed by atoms with Gasteiger partial charge in [0.2, 0.25) is 0 Å². The van der Waals surface area contributed by atoms with Crippen LogP contribution in [-0.4, -0.2) is 21.0 Å². The number of benzene rings is 2. The van der Waals surface area contributed by atoms with E-state index in [0.717, 1.165) is 26.0 Å². The number of nitrogens with one attached hydrogen (secondary N) is 1. The van der Waals surface area contributed by atoms with Crippen molar-refractivity contribution >= 4 is 63.6 Å². The molecule has 0 aliphatic rings. The molecule has 0 fully saturated rings. The fraction of sp³-hybridized carbons (Fsp3) is 0.176. The Morgan fingerprint density at radius 2 is 1.96 bits per heavy atom. The van der Waals surface area contributed by atoms with Gasteiger partial charge in [-0.15, -0.1) is 12.4 Å². The molecule has 1 atom stereocenters. The molecule has 0 aliphatic heterocycles. The number of carboxylic acid groups (broad SMARTS) is 1. The number of halogens is 3. The molecule has 7 heteroatoms. The number of hydrogen-bond donors (Lipinski definition) is 2. The smallest absolute Gasteiger partial charge is 0.303 e. The highest BCUT2D eigenvalue weighted by Crippen LogP contribution is 2.26. The first-order valence-electron chi connectivity index (χ1n) is 7.12. The molecular weight excluding hydrogens is 462 g/mol. The van der Waals surface area contributed by atoms with Gasteiger partial charge in [-0.05, 0) is 58.5 Å². The van der Waals surface area contributed by atoms with E-state index in [1.54, 1.807) is 12.1 Å². The van der Waals surface area contributed by atoms with Gasteiger partial charge in [0.1, 0.15) is 5.82 Å². The number of hydrogen-bond acceptors (Lipinski definition) is 2. The fourth-order valence-electron chi connectivity index (χ4n) is 2.62. The van der Waals surface area contributed by atoms with E-state index >= 15 is 0 Å². The van der Waals surface area contributed by atoms with Gasteiger partial charge >= 0.3 is 5.97 Å². The van der Waals surface area contributed by atoms with Gasteiger partial charge in [-0.1, -0.05) is 23.7 Å². The number of imidazole rings is 1. The van der Waals surface area contributed by atoms with Gasteiger partial charge in [0.05, 0.1) is 17.5 Å². The summed E-state index contributed by atoms with van der Waals surface area (Å²) in [6.45, 7) is 0. The lowest BCUT2D eigenvalue weighted by molar-refractivity contribution is -0.137. The third-order valence-corrected chi connectivity index (χ3v) is 4.62. The summed E-state index contributed by atoms with van der Waals surface area (Å²) in [6.07, 6.45) is 0.593. The highest BCUT2D eigenvalue weighted by Gasteiger charge is 2.18. The molecule has 0 spiro atoms. The first-order valence-corrected chi connectivity index (χ1v) is 8.58. The zero-order chi connectivity index (χ0) is 16.4. The summed E-state index contributed by atoms with van der Waals surface area (Å²) in [6, 6.07) is 13.3. The van der Waals surface area contributed by atoms with E-state index in [2.05, 4.69) is 32.6 Å². The minimum atomic E-state index is -0.824. The normalized spacial score (nSPS) is 11.9. The standard InChI is InChI=1S/C17H14ClIN2O2.ClH/c18-12-3-1-10(2-4-12)11(8-17(22)23)7-16-20-14-6-5-13(19)9-15(14)21-16;/h1-6,9,11H,7-8H2,(H,20,21)(H,22,23);1H. The van der Waals surface area contributed by atoms with Crippen molar-refractivity contribution in [1.82, 2.24) is 9.97 Å². The molecule has 0 bridgehead atoms. The molecule has 24 heavy (non-hydrogen) atoms. The molecule has 126 valence electrons. The third kappa shape index (κ3) is 4.62. The second-order valence-electron chi connectivity index (χ2n) is 5.40. The monoisotopic (exact) mass is 476 g/mol. The Bertz CT molecular complexity index is 849. The van der Waals surface area contributed by atoms with Crippen LogP contribution in [0.1, 0.15) is 23.7 Å². The quantitative estimate of drug-likeness (QED) is 0.506. The van der Waals surface area contributed by atoms with Gasteiger partial charge in [-0.3, -0.25) is 4.79 Å². The number of aliphatic carboxylic acids is 1. The molecular formula is C17H15Cl2IN2O2. The summed E-state index contributed by atoms with van der Waals surface area (Å²) in [5, 5.41) is 9.84. The fourth-order valence-corrected chi connectivity index (χ4v) is 3.22. The predicted molar refractivity (Wildman–Crippen MR) is 106 cm³/mol. The van der Waals surface area contributed by atoms with E-state index in [4.69, 9.17) is 11.6 Å². The van der Waals surface area contributed by atoms with Crippen molar-refractivity contribution in [2.24, 2.45) is 0 Å². The summed E-state index contributed by atoms with van der Waals surface area (Å²) in [5.74, 6) is -0.178. The lowest BCUT2D eigenvalue weighted by Gasteiger charge is -2.14. The Hall–Kier alpha value is -1.31. The molecule has 0 amide bonds. The van der Waals surface area contributed by atoms with Crippen molar-refractivity contribution in [3.63, 3.8) is 0 Å². The van der Waals surface area contributed by atoms with E-state index in [9.17, 15) is 9.90 Å². The first-order chi connectivity index (χ1) is 11.0. The molecule has 1 aromatic heterocycles. The van der Waals surface area contributed by atoms with Crippen LogP contribution in [0.3, 0.4) is 0 Å². The Labute approximate surface area is 164 Å². The van der Waals surface area contributed by atoms with E-state index in [0.29, 0.717) is 11.4 Å². The maximum atomic E-state index is 11.2. The lowest BCUT2D eigenvalue weighted by atomic mass is 9.92. The molecule has 0 saturated heterocycles. The molecule has 3 aromatic rings. The van der Waals surface area contributed by atoms with Crippen LogP contribution in [0.4, 0.5) is 0 Å². The average Bonchev–Trinajstić information content (AvgIpc) is 2.88. The number of carbonyl (C=O) groups is 1. The predicted octanol–water partition coefficient (Wildman–Crippen LogP) is 5.04. The van der Waals surface area contributed by atoms with Crippen molar-refractivity contribution < 1.29 is 9.90 Å². The summed E-state index contributed by atoms with van der Waals surface area (Å²) in [5.41, 5.74) is 2.81. The van der Waals surface area contributed by atoms with Gasteiger partial charge in [0.25, 0.3) is 0 Å². The van der Waals surface area contributed by atoms with Crippen LogP contribution >= 0.6 is 46.6 Å². The van der Waals surface area contributed by atoms with Gasteiger partial charge < -0.3 is 10.1 Å². The number of fused-ring (bicyclic) bond motifs is 1. The van der Waals surface area contributed by atoms with E-state index in [-0.39, 0.29) is 24.7 Å². The number of aromatic nitrogens is 2. The van der Waals surface area contributed by atoms with Crippen molar-refractivity contribution in [3.05, 3.63) is 62.4 Å². The van der Waals surface area contributed by atoms with Crippen molar-refractivity contribution in [2.75, 3.05) is 0 Å². The summed E-state index contributed by atoms with van der Waals surface area (Å²) in [7, 11) is 0. The Balaban J connectivity index is 0.00000208. The van der Waals surface area contributed by atoms with Crippen molar-refractivity contribution in [1.29, 1.82) is 0 Å². The van der Waals surface area contributed by atoms with Crippen LogP contribution in [0.2, 0.25) is 5.02 Å². The average molecular weight is 477 g/mol. The zero-order valence-electron chi connectivity index (χ0n) is 12.5. The molecule has 3 rings (SSSR count). The second-order valence-corrected chi connectivity index (χ2v) is 7.08. The molecule has 0 saturated carbocycles. The van der Waals surface area contributed by atoms with Crippen molar-refractivity contribution in [3.8, 4) is 0 Å². The minimum Gasteiger partial charge on any atom is -0.481 e. The highest BCUT2D eigenvalue weighted by molar-refractivity contribution is 14.1. The van der Waals surface area contributed by atoms with Gasteiger partial charge in [-0.2, -0.15) is 0 Å². The largest absolute Gasteiger partial charge is 0.481 e. The van der Waals surface area contributed by atoms with Gasteiger partial charge in [0.15, 0.2) is 0 Å². The topological polar surface area (TPSA) is 66.0 Å². The number of H-pyrrole nitrogens is 1. The molecule has 0 radical (unpaired) electrons. The summed E-state index contributed by atoms with van der Waals surface area (Å²) in [4.78, 5) is 19.1. The van der Waals surface area contributed by atoms with E-state index in [1.165, 1.54) is 0 Å². The Morgan fingerprint density at radius 1 is 1.25 bits per heavy atom. The molecule has 2 aromatic carbocycles. The third-order valence-electron chi connectivity index (χ3n) is 3.70. The summed E-state index contributed by atoms with van der Waals surface area (Å²) >= 11 is 8.16. The molecule has 4 nitrogen and oxygen atoms in total. The molecule has 2 N–H and O–H groups in total. The van der Waals surface area contributed by atoms with Gasteiger partial charge in [0, 0.05) is 20.9 Å². The SMILES string of the molecule is Cl.O=C(O)CC(Cc1nc2cc(I)ccc2[nH]1)c1ccc(Cl)cc1. The van der Waals surface area contributed by atoms with Crippen LogP contribution in [0.5, 0.6) is 0 Å². The van der Waals surface area contributed by atoms with E-state index < -0.39 is 5.97 Å².